The summed E-state index contributed by atoms with van der Waals surface area (Å²) in [6.45, 7) is 3.03. The standard InChI is InChI=1S/C22H26N4O2/c27-21(23-18-7-2-1-3-8-18)16-25-12-14-26(15-13-25)22(28)24-20-11-10-17-6-4-5-9-19(17)20/h1-9,20H,10-16H2,(H,23,27)(H,24,28). The summed E-state index contributed by atoms with van der Waals surface area (Å²) in [5, 5.41) is 6.09. The van der Waals surface area contributed by atoms with Crippen molar-refractivity contribution in [3.8, 4) is 0 Å². The monoisotopic (exact) mass is 378 g/mol. The minimum atomic E-state index is -0.0216. The van der Waals surface area contributed by atoms with E-state index in [0.29, 0.717) is 32.7 Å². The molecule has 0 spiro atoms. The van der Waals surface area contributed by atoms with Crippen LogP contribution < -0.4 is 10.6 Å². The number of benzene rings is 2. The molecule has 1 atom stereocenters. The molecule has 1 heterocycles. The Morgan fingerprint density at radius 3 is 2.43 bits per heavy atom. The lowest BCUT2D eigenvalue weighted by atomic mass is 10.1. The third kappa shape index (κ3) is 4.34. The number of hydrogen-bond donors (Lipinski definition) is 2. The molecule has 2 aliphatic rings. The second-order valence-electron chi connectivity index (χ2n) is 7.42. The molecular formula is C22H26N4O2. The van der Waals surface area contributed by atoms with Gasteiger partial charge in [-0.25, -0.2) is 4.79 Å². The minimum absolute atomic E-state index is 0.00455. The van der Waals surface area contributed by atoms with Gasteiger partial charge in [0.15, 0.2) is 0 Å². The number of amides is 3. The molecule has 0 aromatic heterocycles. The Kier molecular flexibility index (Phi) is 5.58. The lowest BCUT2D eigenvalue weighted by Gasteiger charge is -2.35. The van der Waals surface area contributed by atoms with E-state index in [4.69, 9.17) is 0 Å². The van der Waals surface area contributed by atoms with Crippen molar-refractivity contribution in [2.75, 3.05) is 38.0 Å². The molecule has 0 saturated carbocycles. The molecule has 28 heavy (non-hydrogen) atoms. The number of carbonyl (C=O) groups excluding carboxylic acids is 2. The van der Waals surface area contributed by atoms with Crippen molar-refractivity contribution in [1.29, 1.82) is 0 Å². The summed E-state index contributed by atoms with van der Waals surface area (Å²) >= 11 is 0. The fourth-order valence-corrected chi connectivity index (χ4v) is 3.98. The van der Waals surface area contributed by atoms with E-state index in [-0.39, 0.29) is 18.0 Å². The number of urea groups is 1. The second kappa shape index (κ2) is 8.44. The smallest absolute Gasteiger partial charge is 0.317 e. The van der Waals surface area contributed by atoms with Gasteiger partial charge in [-0.1, -0.05) is 42.5 Å². The molecule has 1 fully saturated rings. The highest BCUT2D eigenvalue weighted by molar-refractivity contribution is 5.92. The van der Waals surface area contributed by atoms with Crippen LogP contribution in [-0.4, -0.2) is 54.5 Å². The minimum Gasteiger partial charge on any atom is -0.331 e. The van der Waals surface area contributed by atoms with Crippen LogP contribution in [0.4, 0.5) is 10.5 Å². The van der Waals surface area contributed by atoms with Gasteiger partial charge < -0.3 is 15.5 Å². The van der Waals surface area contributed by atoms with Crippen LogP contribution in [0.5, 0.6) is 0 Å². The van der Waals surface area contributed by atoms with Gasteiger partial charge in [-0.05, 0) is 36.1 Å². The molecule has 2 aromatic carbocycles. The van der Waals surface area contributed by atoms with E-state index < -0.39 is 0 Å². The fourth-order valence-electron chi connectivity index (χ4n) is 3.98. The molecule has 0 radical (unpaired) electrons. The van der Waals surface area contributed by atoms with Crippen LogP contribution in [-0.2, 0) is 11.2 Å². The molecule has 3 amide bonds. The third-order valence-electron chi connectivity index (χ3n) is 5.51. The van der Waals surface area contributed by atoms with Crippen LogP contribution in [0.2, 0.25) is 0 Å². The predicted octanol–water partition coefficient (Wildman–Crippen LogP) is 2.64. The summed E-state index contributed by atoms with van der Waals surface area (Å²) in [7, 11) is 0. The highest BCUT2D eigenvalue weighted by Crippen LogP contribution is 2.30. The van der Waals surface area contributed by atoms with Crippen LogP contribution >= 0.6 is 0 Å². The number of para-hydroxylation sites is 1. The molecule has 6 heteroatoms. The molecule has 1 saturated heterocycles. The SMILES string of the molecule is O=C(CN1CCN(C(=O)NC2CCc3ccccc32)CC1)Nc1ccccc1. The molecule has 2 aromatic rings. The number of aryl methyl sites for hydroxylation is 1. The van der Waals surface area contributed by atoms with Crippen molar-refractivity contribution in [1.82, 2.24) is 15.1 Å². The number of fused-ring (bicyclic) bond motifs is 1. The second-order valence-corrected chi connectivity index (χ2v) is 7.42. The maximum Gasteiger partial charge on any atom is 0.317 e. The molecule has 2 N–H and O–H groups in total. The van der Waals surface area contributed by atoms with Crippen molar-refractivity contribution < 1.29 is 9.59 Å². The Bertz CT molecular complexity index is 831. The van der Waals surface area contributed by atoms with Gasteiger partial charge >= 0.3 is 6.03 Å². The molecule has 1 unspecified atom stereocenters. The molecule has 4 rings (SSSR count). The molecular weight excluding hydrogens is 352 g/mol. The van der Waals surface area contributed by atoms with Crippen LogP contribution in [0, 0.1) is 0 Å². The van der Waals surface area contributed by atoms with E-state index in [1.54, 1.807) is 0 Å². The van der Waals surface area contributed by atoms with Crippen molar-refractivity contribution in [2.24, 2.45) is 0 Å². The Morgan fingerprint density at radius 2 is 1.64 bits per heavy atom. The quantitative estimate of drug-likeness (QED) is 0.860. The van der Waals surface area contributed by atoms with Gasteiger partial charge in [-0.3, -0.25) is 9.69 Å². The number of piperazine rings is 1. The van der Waals surface area contributed by atoms with E-state index in [2.05, 4.69) is 33.7 Å². The van der Waals surface area contributed by atoms with E-state index >= 15 is 0 Å². The van der Waals surface area contributed by atoms with Crippen LogP contribution in [0.15, 0.2) is 54.6 Å². The average Bonchev–Trinajstić information content (AvgIpc) is 3.12. The number of carbonyl (C=O) groups is 2. The van der Waals surface area contributed by atoms with Crippen LogP contribution in [0.25, 0.3) is 0 Å². The van der Waals surface area contributed by atoms with Gasteiger partial charge in [0, 0.05) is 31.9 Å². The summed E-state index contributed by atoms with van der Waals surface area (Å²) in [5.74, 6) is -0.0216. The third-order valence-corrected chi connectivity index (χ3v) is 5.51. The molecule has 6 nitrogen and oxygen atoms in total. The largest absolute Gasteiger partial charge is 0.331 e. The zero-order chi connectivity index (χ0) is 19.3. The Morgan fingerprint density at radius 1 is 0.929 bits per heavy atom. The van der Waals surface area contributed by atoms with Crippen LogP contribution in [0.1, 0.15) is 23.6 Å². The first kappa shape index (κ1) is 18.5. The first-order valence-electron chi connectivity index (χ1n) is 9.89. The van der Waals surface area contributed by atoms with Gasteiger partial charge in [0.25, 0.3) is 0 Å². The van der Waals surface area contributed by atoms with Crippen molar-refractivity contribution >= 4 is 17.6 Å². The molecule has 0 bridgehead atoms. The maximum absolute atomic E-state index is 12.7. The summed E-state index contributed by atoms with van der Waals surface area (Å²) in [6, 6.07) is 17.9. The van der Waals surface area contributed by atoms with Gasteiger partial charge in [-0.15, -0.1) is 0 Å². The zero-order valence-electron chi connectivity index (χ0n) is 15.9. The Balaban J connectivity index is 1.23. The number of anilines is 1. The normalized spacial score (nSPS) is 19.1. The summed E-state index contributed by atoms with van der Waals surface area (Å²) < 4.78 is 0. The van der Waals surface area contributed by atoms with Crippen molar-refractivity contribution in [2.45, 2.75) is 18.9 Å². The first-order chi connectivity index (χ1) is 13.7. The summed E-state index contributed by atoms with van der Waals surface area (Å²) in [6.07, 6.45) is 1.98. The molecule has 1 aliphatic carbocycles. The maximum atomic E-state index is 12.7. The van der Waals surface area contributed by atoms with Gasteiger partial charge in [-0.2, -0.15) is 0 Å². The van der Waals surface area contributed by atoms with Gasteiger partial charge in [0.1, 0.15) is 0 Å². The van der Waals surface area contributed by atoms with Crippen LogP contribution in [0.3, 0.4) is 0 Å². The molecule has 1 aliphatic heterocycles. The van der Waals surface area contributed by atoms with Crippen molar-refractivity contribution in [3.05, 3.63) is 65.7 Å². The molecule has 146 valence electrons. The van der Waals surface area contributed by atoms with E-state index in [0.717, 1.165) is 18.5 Å². The van der Waals surface area contributed by atoms with Gasteiger partial charge in [0.2, 0.25) is 5.91 Å². The summed E-state index contributed by atoms with van der Waals surface area (Å²) in [5.41, 5.74) is 3.39. The number of rotatable bonds is 4. The lowest BCUT2D eigenvalue weighted by molar-refractivity contribution is -0.117. The zero-order valence-corrected chi connectivity index (χ0v) is 15.9. The van der Waals surface area contributed by atoms with E-state index in [1.165, 1.54) is 11.1 Å². The summed E-state index contributed by atoms with van der Waals surface area (Å²) in [4.78, 5) is 28.8. The van der Waals surface area contributed by atoms with Gasteiger partial charge in [0.05, 0.1) is 12.6 Å². The Labute approximate surface area is 165 Å². The van der Waals surface area contributed by atoms with E-state index in [9.17, 15) is 9.59 Å². The highest BCUT2D eigenvalue weighted by Gasteiger charge is 2.27. The highest BCUT2D eigenvalue weighted by atomic mass is 16.2. The lowest BCUT2D eigenvalue weighted by Crippen LogP contribution is -2.53. The van der Waals surface area contributed by atoms with E-state index in [1.807, 2.05) is 41.3 Å². The first-order valence-corrected chi connectivity index (χ1v) is 9.89. The topological polar surface area (TPSA) is 64.7 Å². The number of hydrogen-bond acceptors (Lipinski definition) is 3. The Hall–Kier alpha value is -2.86. The van der Waals surface area contributed by atoms with Crippen molar-refractivity contribution in [3.63, 3.8) is 0 Å². The number of nitrogens with zero attached hydrogens (tertiary/aromatic N) is 2. The fraction of sp³-hybridized carbons (Fsp3) is 0.364. The average molecular weight is 378 g/mol. The number of nitrogens with one attached hydrogen (secondary N) is 2. The predicted molar refractivity (Wildman–Crippen MR) is 109 cm³/mol.